The van der Waals surface area contributed by atoms with Crippen molar-refractivity contribution in [3.05, 3.63) is 17.0 Å². The summed E-state index contributed by atoms with van der Waals surface area (Å²) in [5.74, 6) is 0.786. The van der Waals surface area contributed by atoms with Crippen LogP contribution in [0.4, 0.5) is 4.79 Å². The van der Waals surface area contributed by atoms with E-state index in [9.17, 15) is 4.79 Å². The normalized spacial score (nSPS) is 12.0. The first-order valence-corrected chi connectivity index (χ1v) is 9.62. The van der Waals surface area contributed by atoms with Crippen molar-refractivity contribution in [2.45, 2.75) is 60.0 Å². The monoisotopic (exact) mass is 380 g/mol. The van der Waals surface area contributed by atoms with Crippen LogP contribution in [0.5, 0.6) is 0 Å². The Morgan fingerprint density at radius 3 is 2.44 bits per heavy atom. The highest BCUT2D eigenvalue weighted by molar-refractivity contribution is 5.79. The summed E-state index contributed by atoms with van der Waals surface area (Å²) in [6.07, 6.45) is 1.26. The Morgan fingerprint density at radius 1 is 1.19 bits per heavy atom. The first-order chi connectivity index (χ1) is 12.6. The molecule has 8 heteroatoms. The number of hydrogen-bond acceptors (Lipinski definition) is 4. The zero-order valence-corrected chi connectivity index (χ0v) is 17.9. The van der Waals surface area contributed by atoms with Gasteiger partial charge >= 0.3 is 6.09 Å². The van der Waals surface area contributed by atoms with Gasteiger partial charge in [0, 0.05) is 38.9 Å². The number of rotatable bonds is 8. The maximum Gasteiger partial charge on any atom is 0.407 e. The fourth-order valence-electron chi connectivity index (χ4n) is 2.60. The quantitative estimate of drug-likeness (QED) is 0.365. The maximum absolute atomic E-state index is 11.6. The lowest BCUT2D eigenvalue weighted by molar-refractivity contribution is 0.0527. The Morgan fingerprint density at radius 2 is 1.89 bits per heavy atom. The molecule has 0 atom stereocenters. The lowest BCUT2D eigenvalue weighted by Crippen LogP contribution is -2.38. The predicted octanol–water partition coefficient (Wildman–Crippen LogP) is 2.05. The van der Waals surface area contributed by atoms with Crippen LogP contribution in [0, 0.1) is 13.8 Å². The number of amides is 1. The molecule has 8 nitrogen and oxygen atoms in total. The molecule has 0 aromatic carbocycles. The minimum absolute atomic E-state index is 0.390. The molecule has 0 saturated heterocycles. The summed E-state index contributed by atoms with van der Waals surface area (Å²) in [5, 5.41) is 13.8. The molecule has 0 bridgehead atoms. The van der Waals surface area contributed by atoms with Gasteiger partial charge in [0.15, 0.2) is 5.96 Å². The second kappa shape index (κ2) is 10.8. The number of carbonyl (C=O) groups excluding carboxylic acids is 1. The minimum atomic E-state index is -0.477. The molecular formula is C19H36N6O2. The maximum atomic E-state index is 11.6. The van der Waals surface area contributed by atoms with E-state index < -0.39 is 11.7 Å². The van der Waals surface area contributed by atoms with E-state index in [2.05, 4.69) is 33.0 Å². The van der Waals surface area contributed by atoms with Crippen molar-refractivity contribution in [3.8, 4) is 0 Å². The van der Waals surface area contributed by atoms with Gasteiger partial charge in [-0.05, 0) is 59.9 Å². The molecule has 0 aliphatic rings. The number of guanidine groups is 1. The third-order valence-electron chi connectivity index (χ3n) is 3.94. The molecule has 1 amide bonds. The van der Waals surface area contributed by atoms with Crippen LogP contribution in [0.2, 0.25) is 0 Å². The highest BCUT2D eigenvalue weighted by Gasteiger charge is 2.15. The van der Waals surface area contributed by atoms with Gasteiger partial charge in [0.25, 0.3) is 0 Å². The largest absolute Gasteiger partial charge is 0.444 e. The first-order valence-electron chi connectivity index (χ1n) is 9.62. The van der Waals surface area contributed by atoms with Crippen molar-refractivity contribution >= 4 is 12.1 Å². The molecule has 0 saturated carbocycles. The Balaban J connectivity index is 2.36. The van der Waals surface area contributed by atoms with Crippen LogP contribution in [0.25, 0.3) is 0 Å². The van der Waals surface area contributed by atoms with Crippen LogP contribution in [-0.4, -0.2) is 53.6 Å². The molecule has 0 unspecified atom stereocenters. The molecule has 27 heavy (non-hydrogen) atoms. The second-order valence-corrected chi connectivity index (χ2v) is 7.49. The highest BCUT2D eigenvalue weighted by Crippen LogP contribution is 2.11. The molecule has 0 radical (unpaired) electrons. The van der Waals surface area contributed by atoms with E-state index >= 15 is 0 Å². The number of hydrogen-bond donors (Lipinski definition) is 3. The van der Waals surface area contributed by atoms with Crippen molar-refractivity contribution in [1.82, 2.24) is 25.7 Å². The smallest absolute Gasteiger partial charge is 0.407 e. The number of ether oxygens (including phenoxy) is 1. The van der Waals surface area contributed by atoms with Crippen LogP contribution < -0.4 is 16.0 Å². The molecule has 1 aromatic heterocycles. The summed E-state index contributed by atoms with van der Waals surface area (Å²) in [6, 6.07) is 0. The molecule has 154 valence electrons. The lowest BCUT2D eigenvalue weighted by atomic mass is 10.1. The van der Waals surface area contributed by atoms with Gasteiger partial charge in [-0.2, -0.15) is 5.10 Å². The Bertz CT molecular complexity index is 631. The molecule has 0 aliphatic carbocycles. The third kappa shape index (κ3) is 8.79. The minimum Gasteiger partial charge on any atom is -0.444 e. The molecule has 3 N–H and O–H groups in total. The van der Waals surface area contributed by atoms with Crippen LogP contribution in [0.3, 0.4) is 0 Å². The van der Waals surface area contributed by atoms with Crippen molar-refractivity contribution in [1.29, 1.82) is 0 Å². The van der Waals surface area contributed by atoms with Gasteiger partial charge in [-0.1, -0.05) is 0 Å². The SMILES string of the molecule is CCNC(=NCCCNC(=O)OC(C)(C)C)NCCc1c(C)nn(C)c1C. The van der Waals surface area contributed by atoms with Gasteiger partial charge in [-0.25, -0.2) is 4.79 Å². The Kier molecular flexibility index (Phi) is 9.11. The number of aromatic nitrogens is 2. The van der Waals surface area contributed by atoms with E-state index in [1.165, 1.54) is 11.3 Å². The van der Waals surface area contributed by atoms with E-state index in [0.29, 0.717) is 13.1 Å². The average Bonchev–Trinajstić information content (AvgIpc) is 2.78. The van der Waals surface area contributed by atoms with E-state index in [1.807, 2.05) is 46.3 Å². The number of carbonyl (C=O) groups is 1. The zero-order valence-electron chi connectivity index (χ0n) is 17.9. The first kappa shape index (κ1) is 22.8. The van der Waals surface area contributed by atoms with Crippen LogP contribution in [0.15, 0.2) is 4.99 Å². The summed E-state index contributed by atoms with van der Waals surface area (Å²) in [6.45, 7) is 14.5. The standard InChI is InChI=1S/C19H36N6O2/c1-8-20-17(21-11-9-12-23-18(26)27-19(4,5)6)22-13-10-16-14(2)24-25(7)15(16)3/h8-13H2,1-7H3,(H,23,26)(H2,20,21,22). The average molecular weight is 381 g/mol. The zero-order chi connectivity index (χ0) is 20.4. The highest BCUT2D eigenvalue weighted by atomic mass is 16.6. The molecule has 0 fully saturated rings. The second-order valence-electron chi connectivity index (χ2n) is 7.49. The Labute approximate surface area is 163 Å². The fraction of sp³-hybridized carbons (Fsp3) is 0.737. The van der Waals surface area contributed by atoms with Crippen molar-refractivity contribution < 1.29 is 9.53 Å². The van der Waals surface area contributed by atoms with Crippen molar-refractivity contribution in [3.63, 3.8) is 0 Å². The van der Waals surface area contributed by atoms with Crippen LogP contribution in [-0.2, 0) is 18.2 Å². The molecule has 1 aromatic rings. The van der Waals surface area contributed by atoms with Gasteiger partial charge in [0.2, 0.25) is 0 Å². The summed E-state index contributed by atoms with van der Waals surface area (Å²) in [7, 11) is 1.97. The molecule has 1 heterocycles. The van der Waals surface area contributed by atoms with Crippen molar-refractivity contribution in [2.24, 2.45) is 12.0 Å². The van der Waals surface area contributed by atoms with Gasteiger partial charge in [-0.15, -0.1) is 0 Å². The molecule has 1 rings (SSSR count). The lowest BCUT2D eigenvalue weighted by Gasteiger charge is -2.19. The number of aryl methyl sites for hydroxylation is 2. The van der Waals surface area contributed by atoms with E-state index in [-0.39, 0.29) is 0 Å². The summed E-state index contributed by atoms with van der Waals surface area (Å²) < 4.78 is 7.12. The molecule has 0 spiro atoms. The van der Waals surface area contributed by atoms with Crippen LogP contribution >= 0.6 is 0 Å². The van der Waals surface area contributed by atoms with Gasteiger partial charge in [0.05, 0.1) is 5.69 Å². The fourth-order valence-corrected chi connectivity index (χ4v) is 2.60. The summed E-state index contributed by atoms with van der Waals surface area (Å²) in [5.41, 5.74) is 3.08. The summed E-state index contributed by atoms with van der Waals surface area (Å²) in [4.78, 5) is 16.1. The number of aliphatic imine (C=N–C) groups is 1. The third-order valence-corrected chi connectivity index (χ3v) is 3.94. The van der Waals surface area contributed by atoms with Crippen LogP contribution in [0.1, 0.15) is 51.1 Å². The molecular weight excluding hydrogens is 344 g/mol. The Hall–Kier alpha value is -2.25. The van der Waals surface area contributed by atoms with E-state index in [4.69, 9.17) is 4.74 Å². The van der Waals surface area contributed by atoms with Gasteiger partial charge < -0.3 is 20.7 Å². The number of alkyl carbamates (subject to hydrolysis) is 1. The van der Waals surface area contributed by atoms with E-state index in [1.54, 1.807) is 0 Å². The van der Waals surface area contributed by atoms with Gasteiger partial charge in [0.1, 0.15) is 5.60 Å². The van der Waals surface area contributed by atoms with Gasteiger partial charge in [-0.3, -0.25) is 9.67 Å². The number of nitrogens with one attached hydrogen (secondary N) is 3. The van der Waals surface area contributed by atoms with E-state index in [0.717, 1.165) is 37.6 Å². The summed E-state index contributed by atoms with van der Waals surface area (Å²) >= 11 is 0. The predicted molar refractivity (Wildman–Crippen MR) is 109 cm³/mol. The van der Waals surface area contributed by atoms with Crippen molar-refractivity contribution in [2.75, 3.05) is 26.2 Å². The number of nitrogens with zero attached hydrogens (tertiary/aromatic N) is 3. The topological polar surface area (TPSA) is 92.6 Å². The molecule has 0 aliphatic heterocycles.